The fourth-order valence-corrected chi connectivity index (χ4v) is 2.72. The lowest BCUT2D eigenvalue weighted by Gasteiger charge is -2.29. The summed E-state index contributed by atoms with van der Waals surface area (Å²) in [6.45, 7) is 3.74. The molecule has 1 saturated carbocycles. The summed E-state index contributed by atoms with van der Waals surface area (Å²) in [5.41, 5.74) is 0. The standard InChI is InChI=1S/C13H20N4O3/c1-9-5-3-4-6-11(9)15-12(18)8-16-10(2)14-7-13(16)17(19)20/h7,9,11H,3-6,8H2,1-2H3,(H,15,18). The summed E-state index contributed by atoms with van der Waals surface area (Å²) in [7, 11) is 0. The van der Waals surface area contributed by atoms with Crippen molar-refractivity contribution in [2.75, 3.05) is 0 Å². The van der Waals surface area contributed by atoms with Crippen molar-refractivity contribution in [2.24, 2.45) is 5.92 Å². The predicted octanol–water partition coefficient (Wildman–Crippen LogP) is 1.79. The number of nitro groups is 1. The fourth-order valence-electron chi connectivity index (χ4n) is 2.72. The summed E-state index contributed by atoms with van der Waals surface area (Å²) in [5, 5.41) is 13.9. The van der Waals surface area contributed by atoms with Crippen LogP contribution >= 0.6 is 0 Å². The Morgan fingerprint density at radius 1 is 1.55 bits per heavy atom. The zero-order chi connectivity index (χ0) is 14.7. The van der Waals surface area contributed by atoms with Gasteiger partial charge in [0.05, 0.1) is 0 Å². The number of aromatic nitrogens is 2. The first-order chi connectivity index (χ1) is 9.49. The second-order valence-electron chi connectivity index (χ2n) is 5.44. The maximum Gasteiger partial charge on any atom is 0.343 e. The van der Waals surface area contributed by atoms with E-state index in [-0.39, 0.29) is 24.3 Å². The van der Waals surface area contributed by atoms with Crippen LogP contribution in [0.3, 0.4) is 0 Å². The number of hydrogen-bond donors (Lipinski definition) is 1. The normalized spacial score (nSPS) is 22.5. The lowest BCUT2D eigenvalue weighted by Crippen LogP contribution is -2.42. The minimum Gasteiger partial charge on any atom is -0.358 e. The van der Waals surface area contributed by atoms with E-state index in [1.807, 2.05) is 0 Å². The van der Waals surface area contributed by atoms with Crippen LogP contribution in [0.5, 0.6) is 0 Å². The van der Waals surface area contributed by atoms with Crippen LogP contribution in [0.25, 0.3) is 0 Å². The van der Waals surface area contributed by atoms with E-state index < -0.39 is 4.92 Å². The molecular weight excluding hydrogens is 260 g/mol. The van der Waals surface area contributed by atoms with E-state index in [2.05, 4.69) is 17.2 Å². The molecule has 1 aliphatic carbocycles. The van der Waals surface area contributed by atoms with Crippen molar-refractivity contribution in [3.05, 3.63) is 22.1 Å². The highest BCUT2D eigenvalue weighted by Crippen LogP contribution is 2.23. The van der Waals surface area contributed by atoms with Gasteiger partial charge in [-0.15, -0.1) is 0 Å². The van der Waals surface area contributed by atoms with E-state index in [0.29, 0.717) is 11.7 Å². The van der Waals surface area contributed by atoms with Crippen LogP contribution in [-0.2, 0) is 11.3 Å². The molecule has 2 unspecified atom stereocenters. The van der Waals surface area contributed by atoms with Gasteiger partial charge in [0, 0.05) is 13.0 Å². The van der Waals surface area contributed by atoms with Crippen molar-refractivity contribution >= 4 is 11.7 Å². The zero-order valence-electron chi connectivity index (χ0n) is 11.8. The van der Waals surface area contributed by atoms with E-state index >= 15 is 0 Å². The van der Waals surface area contributed by atoms with Gasteiger partial charge in [-0.25, -0.2) is 9.55 Å². The highest BCUT2D eigenvalue weighted by atomic mass is 16.6. The number of amides is 1. The average molecular weight is 280 g/mol. The van der Waals surface area contributed by atoms with Crippen LogP contribution in [0.1, 0.15) is 38.4 Å². The lowest BCUT2D eigenvalue weighted by molar-refractivity contribution is -0.392. The van der Waals surface area contributed by atoms with Crippen molar-refractivity contribution in [1.29, 1.82) is 0 Å². The fraction of sp³-hybridized carbons (Fsp3) is 0.692. The molecule has 0 spiro atoms. The van der Waals surface area contributed by atoms with Gasteiger partial charge in [-0.05, 0) is 23.7 Å². The maximum absolute atomic E-state index is 12.1. The summed E-state index contributed by atoms with van der Waals surface area (Å²) in [5.74, 6) is 0.609. The quantitative estimate of drug-likeness (QED) is 0.672. The van der Waals surface area contributed by atoms with Crippen molar-refractivity contribution in [2.45, 2.75) is 52.1 Å². The van der Waals surface area contributed by atoms with Gasteiger partial charge in [0.1, 0.15) is 6.20 Å². The van der Waals surface area contributed by atoms with Crippen LogP contribution in [0.4, 0.5) is 5.82 Å². The Kier molecular flexibility index (Phi) is 4.36. The molecular formula is C13H20N4O3. The Bertz CT molecular complexity index is 512. The largest absolute Gasteiger partial charge is 0.358 e. The monoisotopic (exact) mass is 280 g/mol. The molecule has 1 aromatic heterocycles. The van der Waals surface area contributed by atoms with Gasteiger partial charge in [0.25, 0.3) is 5.91 Å². The molecule has 0 aromatic carbocycles. The minimum absolute atomic E-state index is 0.0502. The Morgan fingerprint density at radius 2 is 2.25 bits per heavy atom. The Labute approximate surface area is 117 Å². The first-order valence-electron chi connectivity index (χ1n) is 6.95. The molecule has 0 radical (unpaired) electrons. The van der Waals surface area contributed by atoms with Crippen LogP contribution < -0.4 is 5.32 Å². The van der Waals surface area contributed by atoms with Crippen LogP contribution in [0, 0.1) is 23.0 Å². The molecule has 20 heavy (non-hydrogen) atoms. The number of hydrogen-bond acceptors (Lipinski definition) is 4. The average Bonchev–Trinajstić information content (AvgIpc) is 2.74. The first-order valence-corrected chi connectivity index (χ1v) is 6.95. The maximum atomic E-state index is 12.1. The third kappa shape index (κ3) is 3.15. The summed E-state index contributed by atoms with van der Waals surface area (Å²) < 4.78 is 1.34. The van der Waals surface area contributed by atoms with E-state index in [1.54, 1.807) is 6.92 Å². The molecule has 0 bridgehead atoms. The highest BCUT2D eigenvalue weighted by molar-refractivity contribution is 5.76. The molecule has 7 heteroatoms. The van der Waals surface area contributed by atoms with E-state index in [0.717, 1.165) is 19.3 Å². The highest BCUT2D eigenvalue weighted by Gasteiger charge is 2.25. The Balaban J connectivity index is 2.01. The number of rotatable bonds is 4. The molecule has 1 aromatic rings. The number of carbonyl (C=O) groups excluding carboxylic acids is 1. The number of carbonyl (C=O) groups is 1. The van der Waals surface area contributed by atoms with Crippen LogP contribution in [0.15, 0.2) is 6.20 Å². The summed E-state index contributed by atoms with van der Waals surface area (Å²) in [6, 6.07) is 0.180. The van der Waals surface area contributed by atoms with E-state index in [9.17, 15) is 14.9 Å². The van der Waals surface area contributed by atoms with Gasteiger partial charge >= 0.3 is 5.82 Å². The van der Waals surface area contributed by atoms with Crippen molar-refractivity contribution in [1.82, 2.24) is 14.9 Å². The number of nitrogens with zero attached hydrogens (tertiary/aromatic N) is 3. The molecule has 7 nitrogen and oxygen atoms in total. The summed E-state index contributed by atoms with van der Waals surface area (Å²) in [4.78, 5) is 26.3. The number of imidazole rings is 1. The molecule has 2 rings (SSSR count). The minimum atomic E-state index is -0.517. The van der Waals surface area contributed by atoms with Crippen LogP contribution in [0.2, 0.25) is 0 Å². The van der Waals surface area contributed by atoms with Crippen LogP contribution in [-0.4, -0.2) is 26.4 Å². The molecule has 1 aliphatic rings. The van der Waals surface area contributed by atoms with Crippen molar-refractivity contribution < 1.29 is 9.72 Å². The third-order valence-electron chi connectivity index (χ3n) is 3.98. The molecule has 110 valence electrons. The predicted molar refractivity (Wildman–Crippen MR) is 73.2 cm³/mol. The molecule has 0 saturated heterocycles. The smallest absolute Gasteiger partial charge is 0.343 e. The molecule has 0 aliphatic heterocycles. The Hall–Kier alpha value is -1.92. The third-order valence-corrected chi connectivity index (χ3v) is 3.98. The number of nitrogens with one attached hydrogen (secondary N) is 1. The molecule has 2 atom stereocenters. The molecule has 1 fully saturated rings. The van der Waals surface area contributed by atoms with Gasteiger partial charge < -0.3 is 15.4 Å². The second kappa shape index (κ2) is 6.02. The SMILES string of the molecule is Cc1ncc([N+](=O)[O-])n1CC(=O)NC1CCCCC1C. The van der Waals surface area contributed by atoms with Crippen molar-refractivity contribution in [3.63, 3.8) is 0 Å². The molecule has 1 amide bonds. The lowest BCUT2D eigenvalue weighted by atomic mass is 9.86. The van der Waals surface area contributed by atoms with E-state index in [4.69, 9.17) is 0 Å². The topological polar surface area (TPSA) is 90.1 Å². The number of aryl methyl sites for hydroxylation is 1. The zero-order valence-corrected chi connectivity index (χ0v) is 11.8. The first kappa shape index (κ1) is 14.5. The second-order valence-corrected chi connectivity index (χ2v) is 5.44. The molecule has 1 heterocycles. The van der Waals surface area contributed by atoms with Gasteiger partial charge in [0.15, 0.2) is 12.4 Å². The van der Waals surface area contributed by atoms with Crippen molar-refractivity contribution in [3.8, 4) is 0 Å². The van der Waals surface area contributed by atoms with Gasteiger partial charge in [-0.1, -0.05) is 19.8 Å². The van der Waals surface area contributed by atoms with Gasteiger partial charge in [-0.3, -0.25) is 4.79 Å². The van der Waals surface area contributed by atoms with Gasteiger partial charge in [-0.2, -0.15) is 0 Å². The molecule has 1 N–H and O–H groups in total. The Morgan fingerprint density at radius 3 is 2.90 bits per heavy atom. The van der Waals surface area contributed by atoms with E-state index in [1.165, 1.54) is 17.2 Å². The van der Waals surface area contributed by atoms with Gasteiger partial charge in [0.2, 0.25) is 0 Å². The summed E-state index contributed by atoms with van der Waals surface area (Å²) in [6.07, 6.45) is 5.62. The summed E-state index contributed by atoms with van der Waals surface area (Å²) >= 11 is 0.